The first-order valence-electron chi connectivity index (χ1n) is 7.54. The van der Waals surface area contributed by atoms with Crippen LogP contribution in [0.2, 0.25) is 0 Å². The molecule has 0 radical (unpaired) electrons. The van der Waals surface area contributed by atoms with Gasteiger partial charge < -0.3 is 15.5 Å². The molecule has 0 bridgehead atoms. The van der Waals surface area contributed by atoms with E-state index in [-0.39, 0.29) is 11.8 Å². The highest BCUT2D eigenvalue weighted by Crippen LogP contribution is 2.30. The summed E-state index contributed by atoms with van der Waals surface area (Å²) in [5.41, 5.74) is -0.323. The molecule has 136 valence electrons. The van der Waals surface area contributed by atoms with E-state index >= 15 is 0 Å². The smallest absolute Gasteiger partial charge is 0.353 e. The normalized spacial score (nSPS) is 11.6. The van der Waals surface area contributed by atoms with Crippen LogP contribution in [0.3, 0.4) is 0 Å². The van der Waals surface area contributed by atoms with Crippen molar-refractivity contribution in [1.29, 1.82) is 0 Å². The molecule has 0 unspecified atom stereocenters. The fourth-order valence-corrected chi connectivity index (χ4v) is 2.44. The van der Waals surface area contributed by atoms with E-state index in [1.165, 1.54) is 0 Å². The lowest BCUT2D eigenvalue weighted by atomic mass is 10.3. The minimum atomic E-state index is -4.54. The lowest BCUT2D eigenvalue weighted by molar-refractivity contribution is -0.141. The van der Waals surface area contributed by atoms with E-state index in [0.29, 0.717) is 18.8 Å². The molecule has 1 aromatic carbocycles. The van der Waals surface area contributed by atoms with Gasteiger partial charge >= 0.3 is 6.18 Å². The predicted molar refractivity (Wildman–Crippen MR) is 95.6 cm³/mol. The lowest BCUT2D eigenvalue weighted by Gasteiger charge is -2.14. The molecule has 0 amide bonds. The van der Waals surface area contributed by atoms with Crippen LogP contribution in [0.4, 0.5) is 30.6 Å². The third kappa shape index (κ3) is 6.09. The summed E-state index contributed by atoms with van der Waals surface area (Å²) >= 11 is 1.55. The molecular weight excluding hydrogens is 351 g/mol. The number of likely N-dealkylation sites (N-methyl/N-ethyl adjacent to an activating group) is 1. The molecule has 0 saturated heterocycles. The maximum Gasteiger partial charge on any atom is 0.433 e. The van der Waals surface area contributed by atoms with E-state index in [1.807, 2.05) is 43.5 Å². The second-order valence-electron chi connectivity index (χ2n) is 5.55. The maximum atomic E-state index is 13.1. The Balaban J connectivity index is 2.25. The standard InChI is InChI=1S/C16H20F3N5S/c1-24(2)8-7-20-15-22-13(16(17,18)19)10-14(23-15)21-11-5-4-6-12(9-11)25-3/h4-6,9-10H,7-8H2,1-3H3,(H2,20,21,22,23). The van der Waals surface area contributed by atoms with Gasteiger partial charge in [0.1, 0.15) is 5.82 Å². The molecule has 0 saturated carbocycles. The van der Waals surface area contributed by atoms with Gasteiger partial charge in [-0.1, -0.05) is 6.07 Å². The SMILES string of the molecule is CSc1cccc(Nc2cc(C(F)(F)F)nc(NCCN(C)C)n2)c1. The highest BCUT2D eigenvalue weighted by molar-refractivity contribution is 7.98. The zero-order valence-electron chi connectivity index (χ0n) is 14.2. The number of hydrogen-bond acceptors (Lipinski definition) is 6. The number of anilines is 3. The molecule has 0 spiro atoms. The summed E-state index contributed by atoms with van der Waals surface area (Å²) in [6.45, 7) is 1.09. The van der Waals surface area contributed by atoms with Crippen molar-refractivity contribution < 1.29 is 13.2 Å². The number of aromatic nitrogens is 2. The molecular formula is C16H20F3N5S. The van der Waals surface area contributed by atoms with Crippen molar-refractivity contribution >= 4 is 29.2 Å². The molecule has 0 atom stereocenters. The zero-order valence-corrected chi connectivity index (χ0v) is 15.0. The summed E-state index contributed by atoms with van der Waals surface area (Å²) < 4.78 is 39.3. The van der Waals surface area contributed by atoms with E-state index in [0.717, 1.165) is 11.0 Å². The molecule has 1 heterocycles. The van der Waals surface area contributed by atoms with Crippen molar-refractivity contribution in [3.8, 4) is 0 Å². The zero-order chi connectivity index (χ0) is 18.4. The van der Waals surface area contributed by atoms with Crippen LogP contribution in [0.25, 0.3) is 0 Å². The summed E-state index contributed by atoms with van der Waals surface area (Å²) in [5.74, 6) is 0.0353. The molecule has 0 aliphatic carbocycles. The van der Waals surface area contributed by atoms with E-state index in [1.54, 1.807) is 17.8 Å². The lowest BCUT2D eigenvalue weighted by Crippen LogP contribution is -2.22. The van der Waals surface area contributed by atoms with Gasteiger partial charge in [-0.2, -0.15) is 18.2 Å². The Bertz CT molecular complexity index is 706. The fourth-order valence-electron chi connectivity index (χ4n) is 1.98. The largest absolute Gasteiger partial charge is 0.433 e. The van der Waals surface area contributed by atoms with Crippen LogP contribution >= 0.6 is 11.8 Å². The quantitative estimate of drug-likeness (QED) is 0.719. The van der Waals surface area contributed by atoms with Gasteiger partial charge in [-0.25, -0.2) is 4.98 Å². The Morgan fingerprint density at radius 3 is 2.56 bits per heavy atom. The number of hydrogen-bond donors (Lipinski definition) is 2. The van der Waals surface area contributed by atoms with Crippen LogP contribution in [-0.4, -0.2) is 48.3 Å². The molecule has 9 heteroatoms. The first-order valence-corrected chi connectivity index (χ1v) is 8.76. The number of nitrogens with one attached hydrogen (secondary N) is 2. The monoisotopic (exact) mass is 371 g/mol. The summed E-state index contributed by atoms with van der Waals surface area (Å²) in [7, 11) is 3.75. The second kappa shape index (κ2) is 8.39. The number of halogens is 3. The first kappa shape index (κ1) is 19.3. The number of benzene rings is 1. The van der Waals surface area contributed by atoms with Gasteiger partial charge in [0.05, 0.1) is 0 Å². The van der Waals surface area contributed by atoms with Crippen molar-refractivity contribution in [2.45, 2.75) is 11.1 Å². The molecule has 2 N–H and O–H groups in total. The first-order chi connectivity index (χ1) is 11.8. The van der Waals surface area contributed by atoms with E-state index in [2.05, 4.69) is 20.6 Å². The molecule has 2 aromatic rings. The molecule has 0 aliphatic rings. The van der Waals surface area contributed by atoms with Crippen molar-refractivity contribution in [2.75, 3.05) is 44.1 Å². The van der Waals surface area contributed by atoms with Crippen LogP contribution in [0.5, 0.6) is 0 Å². The summed E-state index contributed by atoms with van der Waals surface area (Å²) in [6, 6.07) is 8.28. The number of alkyl halides is 3. The summed E-state index contributed by atoms with van der Waals surface area (Å²) in [5, 5.41) is 5.75. The van der Waals surface area contributed by atoms with E-state index < -0.39 is 11.9 Å². The maximum absolute atomic E-state index is 13.1. The van der Waals surface area contributed by atoms with Crippen molar-refractivity contribution in [1.82, 2.24) is 14.9 Å². The van der Waals surface area contributed by atoms with E-state index in [4.69, 9.17) is 0 Å². The fraction of sp³-hybridized carbons (Fsp3) is 0.375. The Labute approximate surface area is 149 Å². The molecule has 0 fully saturated rings. The van der Waals surface area contributed by atoms with E-state index in [9.17, 15) is 13.2 Å². The predicted octanol–water partition coefficient (Wildman–Crippen LogP) is 3.93. The van der Waals surface area contributed by atoms with Crippen LogP contribution < -0.4 is 10.6 Å². The highest BCUT2D eigenvalue weighted by Gasteiger charge is 2.33. The molecule has 1 aromatic heterocycles. The van der Waals surface area contributed by atoms with Gasteiger partial charge in [0.25, 0.3) is 0 Å². The molecule has 25 heavy (non-hydrogen) atoms. The van der Waals surface area contributed by atoms with Crippen LogP contribution in [0.15, 0.2) is 35.2 Å². The Morgan fingerprint density at radius 2 is 1.92 bits per heavy atom. The average molecular weight is 371 g/mol. The molecule has 2 rings (SSSR count). The number of thioether (sulfide) groups is 1. The summed E-state index contributed by atoms with van der Waals surface area (Å²) in [6.07, 6.45) is -2.61. The Morgan fingerprint density at radius 1 is 1.16 bits per heavy atom. The number of nitrogens with zero attached hydrogens (tertiary/aromatic N) is 3. The minimum absolute atomic E-state index is 0.0554. The Hall–Kier alpha value is -2.00. The molecule has 5 nitrogen and oxygen atoms in total. The number of rotatable bonds is 7. The van der Waals surface area contributed by atoms with Crippen molar-refractivity contribution in [3.63, 3.8) is 0 Å². The van der Waals surface area contributed by atoms with Gasteiger partial charge in [0.15, 0.2) is 5.69 Å². The van der Waals surface area contributed by atoms with Crippen LogP contribution in [-0.2, 0) is 6.18 Å². The van der Waals surface area contributed by atoms with Crippen LogP contribution in [0, 0.1) is 0 Å². The van der Waals surface area contributed by atoms with Gasteiger partial charge in [-0.3, -0.25) is 0 Å². The van der Waals surface area contributed by atoms with Gasteiger partial charge in [-0.15, -0.1) is 11.8 Å². The third-order valence-electron chi connectivity index (χ3n) is 3.20. The Kier molecular flexibility index (Phi) is 6.49. The van der Waals surface area contributed by atoms with Crippen molar-refractivity contribution in [2.24, 2.45) is 0 Å². The second-order valence-corrected chi connectivity index (χ2v) is 6.43. The summed E-state index contributed by atoms with van der Waals surface area (Å²) in [4.78, 5) is 10.6. The van der Waals surface area contributed by atoms with Crippen molar-refractivity contribution in [3.05, 3.63) is 36.0 Å². The molecule has 0 aliphatic heterocycles. The van der Waals surface area contributed by atoms with Gasteiger partial charge in [0, 0.05) is 29.7 Å². The third-order valence-corrected chi connectivity index (χ3v) is 3.93. The minimum Gasteiger partial charge on any atom is -0.353 e. The van der Waals surface area contributed by atoms with Gasteiger partial charge in [-0.05, 0) is 38.6 Å². The topological polar surface area (TPSA) is 53.1 Å². The van der Waals surface area contributed by atoms with Crippen LogP contribution in [0.1, 0.15) is 5.69 Å². The average Bonchev–Trinajstić information content (AvgIpc) is 2.53. The highest BCUT2D eigenvalue weighted by atomic mass is 32.2. The van der Waals surface area contributed by atoms with Gasteiger partial charge in [0.2, 0.25) is 5.95 Å².